The minimum Gasteiger partial charge on any atom is -0.477 e. The fourth-order valence-electron chi connectivity index (χ4n) is 1.98. The van der Waals surface area contributed by atoms with Gasteiger partial charge in [0.05, 0.1) is 5.69 Å². The van der Waals surface area contributed by atoms with E-state index in [2.05, 4.69) is 9.82 Å². The van der Waals surface area contributed by atoms with E-state index in [1.807, 2.05) is 6.92 Å². The van der Waals surface area contributed by atoms with E-state index in [0.29, 0.717) is 0 Å². The Morgan fingerprint density at radius 2 is 2.14 bits per heavy atom. The molecule has 0 aromatic carbocycles. The van der Waals surface area contributed by atoms with Gasteiger partial charge in [-0.15, -0.1) is 11.3 Å². The van der Waals surface area contributed by atoms with Crippen LogP contribution in [0.4, 0.5) is 0 Å². The number of aryl methyl sites for hydroxylation is 2. The molecule has 2 aromatic rings. The minimum atomic E-state index is -3.87. The van der Waals surface area contributed by atoms with Gasteiger partial charge in [-0.2, -0.15) is 5.10 Å². The fourth-order valence-corrected chi connectivity index (χ4v) is 4.24. The van der Waals surface area contributed by atoms with Crippen LogP contribution >= 0.6 is 11.3 Å². The first-order chi connectivity index (χ1) is 9.74. The Bertz CT molecular complexity index is 790. The summed E-state index contributed by atoms with van der Waals surface area (Å²) in [7, 11) is -2.09. The van der Waals surface area contributed by atoms with Crippen LogP contribution in [-0.2, 0) is 23.6 Å². The van der Waals surface area contributed by atoms with E-state index in [0.717, 1.165) is 28.3 Å². The van der Waals surface area contributed by atoms with E-state index in [9.17, 15) is 13.2 Å². The fraction of sp³-hybridized carbons (Fsp3) is 0.333. The highest BCUT2D eigenvalue weighted by Crippen LogP contribution is 2.22. The van der Waals surface area contributed by atoms with Gasteiger partial charge in [0.2, 0.25) is 10.0 Å². The number of hydrogen-bond donors (Lipinski definition) is 2. The molecule has 21 heavy (non-hydrogen) atoms. The molecule has 0 spiro atoms. The Morgan fingerprint density at radius 1 is 1.48 bits per heavy atom. The van der Waals surface area contributed by atoms with Crippen LogP contribution < -0.4 is 4.72 Å². The molecule has 0 aliphatic heterocycles. The van der Waals surface area contributed by atoms with Gasteiger partial charge in [-0.25, -0.2) is 17.9 Å². The second-order valence-corrected chi connectivity index (χ2v) is 7.17. The predicted molar refractivity (Wildman–Crippen MR) is 78.0 cm³/mol. The molecule has 0 saturated carbocycles. The van der Waals surface area contributed by atoms with Crippen LogP contribution in [0, 0.1) is 13.8 Å². The van der Waals surface area contributed by atoms with Crippen molar-refractivity contribution in [2.75, 3.05) is 0 Å². The number of aromatic carboxylic acids is 1. The zero-order valence-corrected chi connectivity index (χ0v) is 13.4. The number of sulfonamides is 1. The third-order valence-electron chi connectivity index (χ3n) is 3.21. The number of rotatable bonds is 5. The number of aromatic nitrogens is 2. The summed E-state index contributed by atoms with van der Waals surface area (Å²) < 4.78 is 28.6. The van der Waals surface area contributed by atoms with E-state index in [1.165, 1.54) is 11.4 Å². The van der Waals surface area contributed by atoms with Crippen molar-refractivity contribution in [3.05, 3.63) is 33.3 Å². The lowest BCUT2D eigenvalue weighted by molar-refractivity contribution is 0.0698. The van der Waals surface area contributed by atoms with Crippen LogP contribution in [0.25, 0.3) is 0 Å². The number of carbonyl (C=O) groups is 1. The summed E-state index contributed by atoms with van der Waals surface area (Å²) in [6, 6.07) is 1.29. The monoisotopic (exact) mass is 329 g/mol. The maximum absolute atomic E-state index is 12.2. The highest BCUT2D eigenvalue weighted by Gasteiger charge is 2.24. The highest BCUT2D eigenvalue weighted by molar-refractivity contribution is 7.89. The van der Waals surface area contributed by atoms with Crippen LogP contribution in [-0.4, -0.2) is 29.3 Å². The quantitative estimate of drug-likeness (QED) is 0.860. The van der Waals surface area contributed by atoms with Gasteiger partial charge in [-0.3, -0.25) is 4.68 Å². The lowest BCUT2D eigenvalue weighted by Gasteiger charge is -2.07. The Hall–Kier alpha value is -1.71. The van der Waals surface area contributed by atoms with Gasteiger partial charge in [-0.05, 0) is 25.3 Å². The molecule has 0 aliphatic carbocycles. The predicted octanol–water partition coefficient (Wildman–Crippen LogP) is 1.28. The van der Waals surface area contributed by atoms with Crippen LogP contribution in [0.2, 0.25) is 0 Å². The van der Waals surface area contributed by atoms with Crippen molar-refractivity contribution in [2.45, 2.75) is 25.3 Å². The zero-order valence-electron chi connectivity index (χ0n) is 11.7. The van der Waals surface area contributed by atoms with Gasteiger partial charge < -0.3 is 5.11 Å². The van der Waals surface area contributed by atoms with Gasteiger partial charge in [0.1, 0.15) is 9.77 Å². The summed E-state index contributed by atoms with van der Waals surface area (Å²) in [6.45, 7) is 3.71. The lowest BCUT2D eigenvalue weighted by Crippen LogP contribution is -2.24. The number of nitrogens with one attached hydrogen (secondary N) is 1. The highest BCUT2D eigenvalue weighted by atomic mass is 32.2. The van der Waals surface area contributed by atoms with Gasteiger partial charge >= 0.3 is 5.97 Å². The average Bonchev–Trinajstić information content (AvgIpc) is 2.95. The number of carboxylic acids is 1. The standard InChI is InChI=1S/C12H15N3O4S2/c1-7-9(8(2)15(3)14-7)6-13-21(18,19)10-4-5-20-11(10)12(16)17/h4-5,13H,6H2,1-3H3,(H,16,17). The van der Waals surface area contributed by atoms with Crippen molar-refractivity contribution in [3.8, 4) is 0 Å². The van der Waals surface area contributed by atoms with E-state index in [4.69, 9.17) is 5.11 Å². The molecule has 0 aliphatic rings. The summed E-state index contributed by atoms with van der Waals surface area (Å²) in [6.07, 6.45) is 0. The molecule has 0 unspecified atom stereocenters. The van der Waals surface area contributed by atoms with E-state index >= 15 is 0 Å². The largest absolute Gasteiger partial charge is 0.477 e. The molecule has 114 valence electrons. The second kappa shape index (κ2) is 5.58. The molecule has 9 heteroatoms. The summed E-state index contributed by atoms with van der Waals surface area (Å²) in [5.41, 5.74) is 2.38. The maximum atomic E-state index is 12.2. The average molecular weight is 329 g/mol. The van der Waals surface area contributed by atoms with Crippen molar-refractivity contribution in [2.24, 2.45) is 7.05 Å². The van der Waals surface area contributed by atoms with E-state index in [-0.39, 0.29) is 16.3 Å². The Morgan fingerprint density at radius 3 is 2.67 bits per heavy atom. The number of nitrogens with zero attached hydrogens (tertiary/aromatic N) is 2. The van der Waals surface area contributed by atoms with Gasteiger partial charge in [0.15, 0.2) is 0 Å². The third-order valence-corrected chi connectivity index (χ3v) is 5.69. The molecule has 7 nitrogen and oxygen atoms in total. The molecule has 2 heterocycles. The molecule has 0 fully saturated rings. The molecular weight excluding hydrogens is 314 g/mol. The van der Waals surface area contributed by atoms with Gasteiger partial charge in [0.25, 0.3) is 0 Å². The Kier molecular flexibility index (Phi) is 4.17. The smallest absolute Gasteiger partial charge is 0.347 e. The maximum Gasteiger partial charge on any atom is 0.347 e. The number of carboxylic acid groups (broad SMARTS) is 1. The van der Waals surface area contributed by atoms with Gasteiger partial charge in [-0.1, -0.05) is 0 Å². The lowest BCUT2D eigenvalue weighted by atomic mass is 10.2. The summed E-state index contributed by atoms with van der Waals surface area (Å²) in [5, 5.41) is 14.7. The SMILES string of the molecule is Cc1nn(C)c(C)c1CNS(=O)(=O)c1ccsc1C(=O)O. The van der Waals surface area contributed by atoms with Crippen molar-refractivity contribution in [1.29, 1.82) is 0 Å². The Balaban J connectivity index is 2.26. The van der Waals surface area contributed by atoms with Crippen LogP contribution in [0.1, 0.15) is 26.6 Å². The second-order valence-electron chi connectivity index (χ2n) is 4.52. The first-order valence-electron chi connectivity index (χ1n) is 6.03. The summed E-state index contributed by atoms with van der Waals surface area (Å²) in [5.74, 6) is -1.25. The third kappa shape index (κ3) is 2.99. The first kappa shape index (κ1) is 15.7. The Labute approximate surface area is 126 Å². The van der Waals surface area contributed by atoms with Gasteiger partial charge in [0, 0.05) is 24.8 Å². The topological polar surface area (TPSA) is 101 Å². The van der Waals surface area contributed by atoms with Crippen molar-refractivity contribution < 1.29 is 18.3 Å². The van der Waals surface area contributed by atoms with Crippen molar-refractivity contribution in [3.63, 3.8) is 0 Å². The molecule has 0 radical (unpaired) electrons. The molecule has 0 atom stereocenters. The number of thiophene rings is 1. The minimum absolute atomic E-state index is 0.0722. The summed E-state index contributed by atoms with van der Waals surface area (Å²) >= 11 is 0.881. The first-order valence-corrected chi connectivity index (χ1v) is 8.40. The zero-order chi connectivity index (χ0) is 15.8. The van der Waals surface area contributed by atoms with Crippen LogP contribution in [0.15, 0.2) is 16.3 Å². The molecule has 0 saturated heterocycles. The molecule has 2 rings (SSSR count). The van der Waals surface area contributed by atoms with Crippen LogP contribution in [0.3, 0.4) is 0 Å². The van der Waals surface area contributed by atoms with Crippen molar-refractivity contribution in [1.82, 2.24) is 14.5 Å². The number of hydrogen-bond acceptors (Lipinski definition) is 5. The normalized spacial score (nSPS) is 11.8. The van der Waals surface area contributed by atoms with Crippen LogP contribution in [0.5, 0.6) is 0 Å². The molecule has 0 bridgehead atoms. The molecule has 0 amide bonds. The van der Waals surface area contributed by atoms with E-state index in [1.54, 1.807) is 18.7 Å². The van der Waals surface area contributed by atoms with Crippen molar-refractivity contribution >= 4 is 27.3 Å². The summed E-state index contributed by atoms with van der Waals surface area (Å²) in [4.78, 5) is 10.6. The molecule has 2 N–H and O–H groups in total. The van der Waals surface area contributed by atoms with E-state index < -0.39 is 16.0 Å². The molecule has 2 aromatic heterocycles. The molecular formula is C12H15N3O4S2.